The quantitative estimate of drug-likeness (QED) is 0.456. The molecule has 0 aliphatic carbocycles. The minimum atomic E-state index is -0.601. The molecule has 1 amide bonds. The second kappa shape index (κ2) is 10.2. The van der Waals surface area contributed by atoms with Crippen LogP contribution in [0.15, 0.2) is 60.7 Å². The number of carbonyl (C=O) groups is 3. The van der Waals surface area contributed by atoms with Crippen molar-refractivity contribution in [3.8, 4) is 11.3 Å². The number of methoxy groups -OCH3 is 1. The summed E-state index contributed by atoms with van der Waals surface area (Å²) in [5.74, 6) is -1.38. The summed E-state index contributed by atoms with van der Waals surface area (Å²) in [6.45, 7) is -0.115. The van der Waals surface area contributed by atoms with E-state index in [-0.39, 0.29) is 12.4 Å². The summed E-state index contributed by atoms with van der Waals surface area (Å²) >= 11 is 0. The van der Waals surface area contributed by atoms with Gasteiger partial charge in [0, 0.05) is 23.9 Å². The van der Waals surface area contributed by atoms with E-state index in [1.54, 1.807) is 12.1 Å². The maximum absolute atomic E-state index is 12.7. The summed E-state index contributed by atoms with van der Waals surface area (Å²) in [5, 5.41) is 3.26. The number of nitrogens with zero attached hydrogens (tertiary/aromatic N) is 1. The van der Waals surface area contributed by atoms with Crippen molar-refractivity contribution in [2.24, 2.45) is 0 Å². The number of rotatable bonds is 8. The zero-order valence-corrected chi connectivity index (χ0v) is 16.6. The van der Waals surface area contributed by atoms with Crippen molar-refractivity contribution < 1.29 is 23.9 Å². The zero-order chi connectivity index (χ0) is 21.3. The van der Waals surface area contributed by atoms with Crippen LogP contribution in [0.1, 0.15) is 23.2 Å². The van der Waals surface area contributed by atoms with Gasteiger partial charge in [0.05, 0.1) is 23.9 Å². The first-order chi connectivity index (χ1) is 14.6. The molecule has 1 heterocycles. The molecule has 154 valence electrons. The maximum Gasteiger partial charge on any atom is 0.339 e. The molecule has 0 unspecified atom stereocenters. The fourth-order valence-electron chi connectivity index (χ4n) is 2.92. The Hall–Kier alpha value is -3.74. The van der Waals surface area contributed by atoms with Gasteiger partial charge in [-0.3, -0.25) is 9.59 Å². The van der Waals surface area contributed by atoms with Crippen molar-refractivity contribution in [2.75, 3.05) is 20.3 Å². The monoisotopic (exact) mass is 406 g/mol. The Balaban J connectivity index is 1.68. The normalized spacial score (nSPS) is 10.4. The van der Waals surface area contributed by atoms with Gasteiger partial charge in [-0.2, -0.15) is 0 Å². The van der Waals surface area contributed by atoms with E-state index in [0.29, 0.717) is 35.1 Å². The molecule has 0 bridgehead atoms. The summed E-state index contributed by atoms with van der Waals surface area (Å²) in [6, 6.07) is 18.5. The molecule has 0 radical (unpaired) electrons. The van der Waals surface area contributed by atoms with Crippen molar-refractivity contribution >= 4 is 28.7 Å². The Morgan fingerprint density at radius 3 is 2.50 bits per heavy atom. The zero-order valence-electron chi connectivity index (χ0n) is 16.6. The van der Waals surface area contributed by atoms with Crippen molar-refractivity contribution in [2.45, 2.75) is 12.8 Å². The number of fused-ring (bicyclic) bond motifs is 1. The van der Waals surface area contributed by atoms with Gasteiger partial charge >= 0.3 is 11.9 Å². The summed E-state index contributed by atoms with van der Waals surface area (Å²) in [5.41, 5.74) is 2.53. The van der Waals surface area contributed by atoms with E-state index in [4.69, 9.17) is 4.74 Å². The lowest BCUT2D eigenvalue weighted by atomic mass is 10.0. The third-order valence-electron chi connectivity index (χ3n) is 4.45. The molecule has 30 heavy (non-hydrogen) atoms. The van der Waals surface area contributed by atoms with Crippen molar-refractivity contribution in [1.29, 1.82) is 0 Å². The molecule has 0 fully saturated rings. The lowest BCUT2D eigenvalue weighted by Crippen LogP contribution is -2.30. The molecule has 0 saturated carbocycles. The minimum absolute atomic E-state index is 0.210. The van der Waals surface area contributed by atoms with E-state index in [1.165, 1.54) is 7.11 Å². The number of hydrogen-bond acceptors (Lipinski definition) is 6. The van der Waals surface area contributed by atoms with Gasteiger partial charge in [0.25, 0.3) is 5.91 Å². The Morgan fingerprint density at radius 2 is 1.73 bits per heavy atom. The summed E-state index contributed by atoms with van der Waals surface area (Å²) in [4.78, 5) is 40.3. The standard InChI is InChI=1S/C23H22N2O5/c1-29-22(27)12-7-13-24-21(26)15-30-23(28)18-14-20(16-8-3-2-4-9-16)25-19-11-6-5-10-17(18)19/h2-6,8-11,14H,7,12-13,15H2,1H3,(H,24,26). The van der Waals surface area contributed by atoms with Crippen LogP contribution in [0.25, 0.3) is 22.2 Å². The van der Waals surface area contributed by atoms with Crippen LogP contribution in [0.3, 0.4) is 0 Å². The van der Waals surface area contributed by atoms with Crippen LogP contribution < -0.4 is 5.32 Å². The average molecular weight is 406 g/mol. The molecule has 2 aromatic carbocycles. The van der Waals surface area contributed by atoms with Crippen LogP contribution in [0, 0.1) is 0 Å². The smallest absolute Gasteiger partial charge is 0.339 e. The highest BCUT2D eigenvalue weighted by atomic mass is 16.5. The third kappa shape index (κ3) is 5.41. The van der Waals surface area contributed by atoms with Gasteiger partial charge in [0.1, 0.15) is 0 Å². The van der Waals surface area contributed by atoms with E-state index >= 15 is 0 Å². The molecule has 3 aromatic rings. The van der Waals surface area contributed by atoms with E-state index in [0.717, 1.165) is 5.56 Å². The van der Waals surface area contributed by atoms with Gasteiger partial charge < -0.3 is 14.8 Å². The fourth-order valence-corrected chi connectivity index (χ4v) is 2.92. The van der Waals surface area contributed by atoms with E-state index in [2.05, 4.69) is 15.0 Å². The predicted molar refractivity (Wildman–Crippen MR) is 112 cm³/mol. The topological polar surface area (TPSA) is 94.6 Å². The fraction of sp³-hybridized carbons (Fsp3) is 0.217. The first-order valence-electron chi connectivity index (χ1n) is 9.54. The highest BCUT2D eigenvalue weighted by Gasteiger charge is 2.16. The van der Waals surface area contributed by atoms with Crippen LogP contribution in [0.2, 0.25) is 0 Å². The minimum Gasteiger partial charge on any atom is -0.469 e. The molecular weight excluding hydrogens is 384 g/mol. The molecule has 1 aromatic heterocycles. The number of hydrogen-bond donors (Lipinski definition) is 1. The molecule has 0 spiro atoms. The highest BCUT2D eigenvalue weighted by Crippen LogP contribution is 2.25. The van der Waals surface area contributed by atoms with Crippen LogP contribution in [0.4, 0.5) is 0 Å². The first-order valence-corrected chi connectivity index (χ1v) is 9.54. The van der Waals surface area contributed by atoms with E-state index in [9.17, 15) is 14.4 Å². The number of pyridine rings is 1. The van der Waals surface area contributed by atoms with Crippen LogP contribution in [-0.4, -0.2) is 43.1 Å². The lowest BCUT2D eigenvalue weighted by Gasteiger charge is -2.10. The maximum atomic E-state index is 12.7. The van der Waals surface area contributed by atoms with Gasteiger partial charge in [-0.05, 0) is 18.6 Å². The second-order valence-electron chi connectivity index (χ2n) is 6.54. The van der Waals surface area contributed by atoms with Crippen LogP contribution in [0.5, 0.6) is 0 Å². The molecule has 1 N–H and O–H groups in total. The molecule has 7 nitrogen and oxygen atoms in total. The van der Waals surface area contributed by atoms with Crippen molar-refractivity contribution in [1.82, 2.24) is 10.3 Å². The lowest BCUT2D eigenvalue weighted by molar-refractivity contribution is -0.140. The number of ether oxygens (including phenoxy) is 2. The van der Waals surface area contributed by atoms with E-state index in [1.807, 2.05) is 48.5 Å². The molecule has 0 atom stereocenters. The van der Waals surface area contributed by atoms with Gasteiger partial charge in [-0.15, -0.1) is 0 Å². The number of para-hydroxylation sites is 1. The molecular formula is C23H22N2O5. The van der Waals surface area contributed by atoms with Crippen LogP contribution in [-0.2, 0) is 19.1 Å². The Morgan fingerprint density at radius 1 is 1.00 bits per heavy atom. The van der Waals surface area contributed by atoms with Gasteiger partial charge in [0.2, 0.25) is 0 Å². The number of benzene rings is 2. The summed E-state index contributed by atoms with van der Waals surface area (Å²) < 4.78 is 9.75. The molecule has 0 aliphatic heterocycles. The second-order valence-corrected chi connectivity index (χ2v) is 6.54. The van der Waals surface area contributed by atoms with Gasteiger partial charge in [-0.1, -0.05) is 48.5 Å². The predicted octanol–water partition coefficient (Wildman–Crippen LogP) is 3.13. The van der Waals surface area contributed by atoms with Crippen molar-refractivity contribution in [3.05, 3.63) is 66.2 Å². The Kier molecular flexibility index (Phi) is 7.10. The summed E-state index contributed by atoms with van der Waals surface area (Å²) in [7, 11) is 1.31. The van der Waals surface area contributed by atoms with Gasteiger partial charge in [-0.25, -0.2) is 9.78 Å². The van der Waals surface area contributed by atoms with Crippen molar-refractivity contribution in [3.63, 3.8) is 0 Å². The van der Waals surface area contributed by atoms with E-state index < -0.39 is 18.5 Å². The average Bonchev–Trinajstić information content (AvgIpc) is 2.79. The SMILES string of the molecule is COC(=O)CCCNC(=O)COC(=O)c1cc(-c2ccccc2)nc2ccccc12. The summed E-state index contributed by atoms with van der Waals surface area (Å²) in [6.07, 6.45) is 0.656. The molecule has 3 rings (SSSR count). The number of carbonyl (C=O) groups excluding carboxylic acids is 3. The number of amides is 1. The third-order valence-corrected chi connectivity index (χ3v) is 4.45. The Bertz CT molecular complexity index is 1050. The Labute approximate surface area is 174 Å². The first kappa shape index (κ1) is 21.0. The molecule has 0 saturated heterocycles. The molecule has 0 aliphatic rings. The van der Waals surface area contributed by atoms with Crippen LogP contribution >= 0.6 is 0 Å². The number of nitrogens with one attached hydrogen (secondary N) is 1. The number of aromatic nitrogens is 1. The molecule has 7 heteroatoms. The number of esters is 2. The van der Waals surface area contributed by atoms with Gasteiger partial charge in [0.15, 0.2) is 6.61 Å². The largest absolute Gasteiger partial charge is 0.469 e. The highest BCUT2D eigenvalue weighted by molar-refractivity contribution is 6.05.